The van der Waals surface area contributed by atoms with E-state index in [1.165, 1.54) is 48.8 Å². The summed E-state index contributed by atoms with van der Waals surface area (Å²) in [5, 5.41) is 1.22. The molecule has 0 aliphatic heterocycles. The van der Waals surface area contributed by atoms with Crippen LogP contribution in [0.2, 0.25) is 0 Å². The molecule has 5 rings (SSSR count). The molecule has 18 heavy (non-hydrogen) atoms. The highest BCUT2D eigenvalue weighted by molar-refractivity contribution is 7.19. The highest BCUT2D eigenvalue weighted by atomic mass is 32.1. The Morgan fingerprint density at radius 1 is 1.17 bits per heavy atom. The molecule has 3 fully saturated rings. The Bertz CT molecular complexity index is 587. The van der Waals surface area contributed by atoms with E-state index in [4.69, 9.17) is 0 Å². The summed E-state index contributed by atoms with van der Waals surface area (Å²) in [4.78, 5) is 1.52. The normalized spacial score (nSPS) is 31.1. The van der Waals surface area contributed by atoms with Gasteiger partial charge in [0, 0.05) is 15.0 Å². The Labute approximate surface area is 111 Å². The number of thiophene rings is 1. The maximum absolute atomic E-state index is 13.3. The molecule has 3 aliphatic rings. The average molecular weight is 260 g/mol. The molecule has 2 bridgehead atoms. The van der Waals surface area contributed by atoms with Crippen LogP contribution in [0.4, 0.5) is 4.39 Å². The molecule has 0 nitrogen and oxygen atoms in total. The molecule has 2 heteroatoms. The van der Waals surface area contributed by atoms with Crippen molar-refractivity contribution >= 4 is 21.4 Å². The van der Waals surface area contributed by atoms with E-state index in [1.807, 2.05) is 17.4 Å². The van der Waals surface area contributed by atoms with Crippen LogP contribution >= 0.6 is 11.3 Å². The van der Waals surface area contributed by atoms with Crippen LogP contribution in [0, 0.1) is 11.7 Å². The summed E-state index contributed by atoms with van der Waals surface area (Å²) in [5.74, 6) is 0.857. The second-order valence-electron chi connectivity index (χ2n) is 6.09. The van der Waals surface area contributed by atoms with Crippen molar-refractivity contribution < 1.29 is 4.39 Å². The number of halogens is 1. The van der Waals surface area contributed by atoms with Gasteiger partial charge in [0.25, 0.3) is 0 Å². The molecule has 3 aliphatic carbocycles. The minimum Gasteiger partial charge on any atom is -0.207 e. The molecule has 0 amide bonds. The average Bonchev–Trinajstić information content (AvgIpc) is 2.50. The van der Waals surface area contributed by atoms with E-state index in [9.17, 15) is 4.39 Å². The van der Waals surface area contributed by atoms with Crippen molar-refractivity contribution in [2.45, 2.75) is 43.9 Å². The van der Waals surface area contributed by atoms with Gasteiger partial charge in [0.05, 0.1) is 0 Å². The van der Waals surface area contributed by atoms with Gasteiger partial charge in [-0.3, -0.25) is 0 Å². The molecule has 0 radical (unpaired) electrons. The van der Waals surface area contributed by atoms with Crippen LogP contribution in [0.25, 0.3) is 10.1 Å². The molecule has 1 aromatic heterocycles. The van der Waals surface area contributed by atoms with Crippen molar-refractivity contribution in [3.63, 3.8) is 0 Å². The largest absolute Gasteiger partial charge is 0.207 e. The van der Waals surface area contributed by atoms with Gasteiger partial charge in [-0.25, -0.2) is 4.39 Å². The van der Waals surface area contributed by atoms with Gasteiger partial charge in [-0.2, -0.15) is 0 Å². The molecule has 0 spiro atoms. The molecular formula is C16H17FS. The lowest BCUT2D eigenvalue weighted by molar-refractivity contribution is 0.150. The van der Waals surface area contributed by atoms with Gasteiger partial charge in [-0.05, 0) is 48.8 Å². The topological polar surface area (TPSA) is 0 Å². The summed E-state index contributed by atoms with van der Waals surface area (Å²) in [7, 11) is 0. The molecule has 1 heterocycles. The highest BCUT2D eigenvalue weighted by Crippen LogP contribution is 2.57. The summed E-state index contributed by atoms with van der Waals surface area (Å²) in [6.45, 7) is 0. The molecule has 1 aromatic carbocycles. The Balaban J connectivity index is 1.78. The lowest BCUT2D eigenvalue weighted by Crippen LogP contribution is -2.38. The lowest BCUT2D eigenvalue weighted by atomic mass is 9.60. The second kappa shape index (κ2) is 3.80. The number of hydrogen-bond donors (Lipinski definition) is 0. The number of benzene rings is 1. The van der Waals surface area contributed by atoms with Gasteiger partial charge in [0.15, 0.2) is 0 Å². The van der Waals surface area contributed by atoms with Gasteiger partial charge in [-0.1, -0.05) is 25.3 Å². The summed E-state index contributed by atoms with van der Waals surface area (Å²) in [5.41, 5.74) is 0.460. The van der Waals surface area contributed by atoms with Crippen molar-refractivity contribution in [2.75, 3.05) is 0 Å². The maximum atomic E-state index is 13.3. The van der Waals surface area contributed by atoms with Gasteiger partial charge in [0.2, 0.25) is 0 Å². The lowest BCUT2D eigenvalue weighted by Gasteiger charge is -2.45. The number of hydrogen-bond acceptors (Lipinski definition) is 1. The first-order valence-electron chi connectivity index (χ1n) is 6.95. The van der Waals surface area contributed by atoms with Gasteiger partial charge in [0.1, 0.15) is 5.82 Å². The zero-order chi connectivity index (χ0) is 12.2. The molecule has 2 aromatic rings. The number of fused-ring (bicyclic) bond motifs is 4. The number of rotatable bonds is 1. The first-order chi connectivity index (χ1) is 8.75. The Morgan fingerprint density at radius 2 is 2.06 bits per heavy atom. The van der Waals surface area contributed by atoms with Crippen LogP contribution in [0.5, 0.6) is 0 Å². The van der Waals surface area contributed by atoms with E-state index in [-0.39, 0.29) is 5.82 Å². The Kier molecular flexibility index (Phi) is 2.32. The summed E-state index contributed by atoms with van der Waals surface area (Å²) >= 11 is 1.82. The van der Waals surface area contributed by atoms with Crippen LogP contribution in [0.1, 0.15) is 43.4 Å². The Hall–Kier alpha value is -0.890. The predicted octanol–water partition coefficient (Wildman–Crippen LogP) is 5.26. The highest BCUT2D eigenvalue weighted by Gasteiger charge is 2.47. The van der Waals surface area contributed by atoms with E-state index >= 15 is 0 Å². The van der Waals surface area contributed by atoms with E-state index < -0.39 is 0 Å². The van der Waals surface area contributed by atoms with Crippen LogP contribution in [-0.2, 0) is 5.41 Å². The van der Waals surface area contributed by atoms with Crippen LogP contribution < -0.4 is 0 Å². The van der Waals surface area contributed by atoms with Crippen molar-refractivity contribution in [3.8, 4) is 0 Å². The van der Waals surface area contributed by atoms with E-state index in [0.717, 1.165) is 10.6 Å². The Morgan fingerprint density at radius 3 is 2.94 bits per heavy atom. The fourth-order valence-corrected chi connectivity index (χ4v) is 5.27. The second-order valence-corrected chi connectivity index (χ2v) is 7.18. The molecule has 94 valence electrons. The summed E-state index contributed by atoms with van der Waals surface area (Å²) < 4.78 is 14.4. The maximum Gasteiger partial charge on any atom is 0.124 e. The van der Waals surface area contributed by atoms with Crippen LogP contribution in [0.3, 0.4) is 0 Å². The van der Waals surface area contributed by atoms with Crippen LogP contribution in [-0.4, -0.2) is 0 Å². The third-order valence-electron chi connectivity index (χ3n) is 4.88. The van der Waals surface area contributed by atoms with Crippen molar-refractivity contribution in [1.29, 1.82) is 0 Å². The summed E-state index contributed by atoms with van der Waals surface area (Å²) in [6.07, 6.45) is 8.32. The van der Waals surface area contributed by atoms with Gasteiger partial charge < -0.3 is 0 Å². The van der Waals surface area contributed by atoms with Crippen molar-refractivity contribution in [1.82, 2.24) is 0 Å². The standard InChI is InChI=1S/C16H17FS/c17-13-5-4-12-7-15(18-14(12)8-13)16-6-2-1-3-11(9-16)10-16/h4-5,7-8,11H,1-3,6,9-10H2. The zero-order valence-corrected chi connectivity index (χ0v) is 11.2. The SMILES string of the molecule is Fc1ccc2cc(C34CCCCC(C3)C4)sc2c1. The van der Waals surface area contributed by atoms with Crippen LogP contribution in [0.15, 0.2) is 24.3 Å². The molecule has 0 N–H and O–H groups in total. The van der Waals surface area contributed by atoms with Gasteiger partial charge in [-0.15, -0.1) is 11.3 Å². The van der Waals surface area contributed by atoms with Gasteiger partial charge >= 0.3 is 0 Å². The van der Waals surface area contributed by atoms with Crippen molar-refractivity contribution in [2.24, 2.45) is 5.92 Å². The summed E-state index contributed by atoms with van der Waals surface area (Å²) in [6, 6.07) is 7.51. The molecule has 0 saturated heterocycles. The van der Waals surface area contributed by atoms with E-state index in [1.54, 1.807) is 12.1 Å². The fraction of sp³-hybridized carbons (Fsp3) is 0.500. The molecular weight excluding hydrogens is 243 g/mol. The molecule has 0 atom stereocenters. The predicted molar refractivity (Wildman–Crippen MR) is 74.7 cm³/mol. The van der Waals surface area contributed by atoms with E-state index in [0.29, 0.717) is 5.41 Å². The zero-order valence-electron chi connectivity index (χ0n) is 10.4. The smallest absolute Gasteiger partial charge is 0.124 e. The van der Waals surface area contributed by atoms with Crippen molar-refractivity contribution in [3.05, 3.63) is 35.0 Å². The third-order valence-corrected chi connectivity index (χ3v) is 6.23. The minimum absolute atomic E-state index is 0.110. The minimum atomic E-state index is -0.110. The first-order valence-corrected chi connectivity index (χ1v) is 7.76. The van der Waals surface area contributed by atoms with E-state index in [2.05, 4.69) is 6.07 Å². The molecule has 0 unspecified atom stereocenters. The quantitative estimate of drug-likeness (QED) is 0.656. The third kappa shape index (κ3) is 1.55. The molecule has 3 saturated carbocycles. The first kappa shape index (κ1) is 11.0. The fourth-order valence-electron chi connectivity index (χ4n) is 3.94. The monoisotopic (exact) mass is 260 g/mol.